The Labute approximate surface area is 144 Å². The molecule has 24 heavy (non-hydrogen) atoms. The van der Waals surface area contributed by atoms with Crippen LogP contribution in [0, 0.1) is 0 Å². The summed E-state index contributed by atoms with van der Waals surface area (Å²) in [4.78, 5) is 0. The molecule has 0 aliphatic rings. The Morgan fingerprint density at radius 2 is 0.792 bits per heavy atom. The molecular formula is C14H30O9P+. The number of hydrogen-bond donors (Lipinski definition) is 0. The summed E-state index contributed by atoms with van der Waals surface area (Å²) in [5.41, 5.74) is 0. The van der Waals surface area contributed by atoms with E-state index in [1.54, 1.807) is 14.2 Å². The van der Waals surface area contributed by atoms with E-state index in [0.29, 0.717) is 66.1 Å². The van der Waals surface area contributed by atoms with Crippen LogP contribution < -0.4 is 0 Å². The van der Waals surface area contributed by atoms with Gasteiger partial charge in [0, 0.05) is 18.8 Å². The number of hydrogen-bond acceptors (Lipinski definition) is 9. The minimum Gasteiger partial charge on any atom is -0.382 e. The number of rotatable bonds is 20. The Kier molecular flexibility index (Phi) is 20.6. The van der Waals surface area contributed by atoms with E-state index in [-0.39, 0.29) is 13.2 Å². The van der Waals surface area contributed by atoms with E-state index < -0.39 is 8.25 Å². The van der Waals surface area contributed by atoms with Crippen molar-refractivity contribution >= 4 is 8.25 Å². The Morgan fingerprint density at radius 1 is 0.500 bits per heavy atom. The summed E-state index contributed by atoms with van der Waals surface area (Å²) in [6, 6.07) is 0. The Morgan fingerprint density at radius 3 is 1.12 bits per heavy atom. The molecule has 0 amide bonds. The van der Waals surface area contributed by atoms with Crippen molar-refractivity contribution < 1.29 is 42.0 Å². The fraction of sp³-hybridized carbons (Fsp3) is 1.00. The van der Waals surface area contributed by atoms with Gasteiger partial charge in [0.1, 0.15) is 13.2 Å². The van der Waals surface area contributed by atoms with Gasteiger partial charge in [-0.05, 0) is 0 Å². The van der Waals surface area contributed by atoms with Gasteiger partial charge in [-0.25, -0.2) is 0 Å². The molecule has 0 aromatic rings. The first-order valence-corrected chi connectivity index (χ1v) is 8.92. The molecule has 0 spiro atoms. The minimum atomic E-state index is -2.15. The van der Waals surface area contributed by atoms with Gasteiger partial charge >= 0.3 is 8.25 Å². The molecule has 0 rings (SSSR count). The van der Waals surface area contributed by atoms with Crippen LogP contribution in [0.2, 0.25) is 0 Å². The van der Waals surface area contributed by atoms with Crippen molar-refractivity contribution in [1.29, 1.82) is 0 Å². The monoisotopic (exact) mass is 373 g/mol. The highest BCUT2D eigenvalue weighted by Gasteiger charge is 2.19. The van der Waals surface area contributed by atoms with Crippen molar-refractivity contribution in [3.63, 3.8) is 0 Å². The van der Waals surface area contributed by atoms with Crippen molar-refractivity contribution in [2.45, 2.75) is 0 Å². The second kappa shape index (κ2) is 20.8. The average molecular weight is 373 g/mol. The Hall–Kier alpha value is -0.220. The molecule has 0 N–H and O–H groups in total. The summed E-state index contributed by atoms with van der Waals surface area (Å²) < 4.78 is 51.9. The molecule has 9 nitrogen and oxygen atoms in total. The van der Waals surface area contributed by atoms with Crippen molar-refractivity contribution in [3.8, 4) is 0 Å². The summed E-state index contributed by atoms with van der Waals surface area (Å²) in [5, 5.41) is 0. The van der Waals surface area contributed by atoms with Crippen molar-refractivity contribution in [2.75, 3.05) is 93.5 Å². The van der Waals surface area contributed by atoms with Crippen LogP contribution in [0.1, 0.15) is 0 Å². The van der Waals surface area contributed by atoms with E-state index in [4.69, 9.17) is 37.5 Å². The molecule has 0 aromatic heterocycles. The molecule has 0 unspecified atom stereocenters. The third-order valence-corrected chi connectivity index (χ3v) is 3.24. The molecule has 0 atom stereocenters. The molecule has 0 bridgehead atoms. The van der Waals surface area contributed by atoms with Crippen LogP contribution in [0.5, 0.6) is 0 Å². The maximum atomic E-state index is 11.4. The van der Waals surface area contributed by atoms with E-state index in [0.717, 1.165) is 0 Å². The fourth-order valence-electron chi connectivity index (χ4n) is 1.31. The van der Waals surface area contributed by atoms with Crippen LogP contribution in [-0.2, 0) is 42.0 Å². The summed E-state index contributed by atoms with van der Waals surface area (Å²) in [5.74, 6) is 0. The first-order chi connectivity index (χ1) is 11.8. The van der Waals surface area contributed by atoms with E-state index in [9.17, 15) is 4.57 Å². The maximum Gasteiger partial charge on any atom is 0.697 e. The molecule has 0 fully saturated rings. The second-order valence-corrected chi connectivity index (χ2v) is 5.29. The number of methoxy groups -OCH3 is 2. The molecule has 0 heterocycles. The molecule has 0 aliphatic carbocycles. The van der Waals surface area contributed by atoms with Crippen LogP contribution in [0.3, 0.4) is 0 Å². The highest BCUT2D eigenvalue weighted by molar-refractivity contribution is 7.33. The molecule has 0 aromatic carbocycles. The molecule has 144 valence electrons. The molecule has 0 saturated heterocycles. The normalized spacial score (nSPS) is 11.1. The standard InChI is InChI=1S/C14H30O9P/c1-16-3-5-18-7-9-20-11-13-22-24(15)23-14-12-21-10-8-19-6-4-17-2/h3-14H2,1-2H3/q+1. The Bertz CT molecular complexity index is 245. The highest BCUT2D eigenvalue weighted by Crippen LogP contribution is 2.22. The number of ether oxygens (including phenoxy) is 6. The third-order valence-electron chi connectivity index (χ3n) is 2.46. The molecule has 0 radical (unpaired) electrons. The minimum absolute atomic E-state index is 0.196. The Balaban J connectivity index is 3.13. The van der Waals surface area contributed by atoms with Crippen LogP contribution >= 0.6 is 8.25 Å². The van der Waals surface area contributed by atoms with Crippen LogP contribution in [0.25, 0.3) is 0 Å². The van der Waals surface area contributed by atoms with Crippen LogP contribution in [-0.4, -0.2) is 93.5 Å². The van der Waals surface area contributed by atoms with Gasteiger partial charge in [-0.1, -0.05) is 0 Å². The van der Waals surface area contributed by atoms with Crippen molar-refractivity contribution in [2.24, 2.45) is 0 Å². The SMILES string of the molecule is COCCOCCOCCO[P+](=O)OCCOCCOCCOC. The van der Waals surface area contributed by atoms with E-state index >= 15 is 0 Å². The maximum absolute atomic E-state index is 11.4. The summed E-state index contributed by atoms with van der Waals surface area (Å²) in [6.07, 6.45) is 0. The van der Waals surface area contributed by atoms with Crippen molar-refractivity contribution in [1.82, 2.24) is 0 Å². The van der Waals surface area contributed by atoms with Gasteiger partial charge < -0.3 is 28.4 Å². The summed E-state index contributed by atoms with van der Waals surface area (Å²) >= 11 is 0. The van der Waals surface area contributed by atoms with Crippen LogP contribution in [0.15, 0.2) is 0 Å². The summed E-state index contributed by atoms with van der Waals surface area (Å²) in [7, 11) is 1.08. The zero-order chi connectivity index (χ0) is 17.7. The predicted molar refractivity (Wildman–Crippen MR) is 86.5 cm³/mol. The first kappa shape index (κ1) is 23.8. The van der Waals surface area contributed by atoms with Gasteiger partial charge in [-0.15, -0.1) is 9.05 Å². The lowest BCUT2D eigenvalue weighted by Gasteiger charge is -2.04. The lowest BCUT2D eigenvalue weighted by atomic mass is 10.7. The van der Waals surface area contributed by atoms with Gasteiger partial charge in [0.2, 0.25) is 0 Å². The van der Waals surface area contributed by atoms with Gasteiger partial charge in [0.05, 0.1) is 66.1 Å². The first-order valence-electron chi connectivity index (χ1n) is 7.83. The van der Waals surface area contributed by atoms with E-state index in [1.807, 2.05) is 0 Å². The van der Waals surface area contributed by atoms with Crippen molar-refractivity contribution in [3.05, 3.63) is 0 Å². The molecule has 0 aliphatic heterocycles. The second-order valence-electron chi connectivity index (χ2n) is 4.33. The van der Waals surface area contributed by atoms with E-state index in [1.165, 1.54) is 0 Å². The molecule has 10 heteroatoms. The fourth-order valence-corrected chi connectivity index (χ4v) is 1.83. The zero-order valence-electron chi connectivity index (χ0n) is 14.6. The predicted octanol–water partition coefficient (Wildman–Crippen LogP) is 1.04. The quantitative estimate of drug-likeness (QED) is 0.229. The molecular weight excluding hydrogens is 343 g/mol. The summed E-state index contributed by atoms with van der Waals surface area (Å²) in [6.45, 7) is 5.11. The highest BCUT2D eigenvalue weighted by atomic mass is 31.1. The smallest absolute Gasteiger partial charge is 0.382 e. The van der Waals surface area contributed by atoms with Gasteiger partial charge in [0.15, 0.2) is 0 Å². The van der Waals surface area contributed by atoms with E-state index in [2.05, 4.69) is 0 Å². The average Bonchev–Trinajstić information content (AvgIpc) is 2.59. The van der Waals surface area contributed by atoms with Gasteiger partial charge in [-0.2, -0.15) is 0 Å². The zero-order valence-corrected chi connectivity index (χ0v) is 15.5. The van der Waals surface area contributed by atoms with Gasteiger partial charge in [0.25, 0.3) is 0 Å². The topological polar surface area (TPSA) is 90.9 Å². The van der Waals surface area contributed by atoms with Gasteiger partial charge in [-0.3, -0.25) is 0 Å². The lowest BCUT2D eigenvalue weighted by molar-refractivity contribution is 0.0131. The molecule has 0 saturated carbocycles. The van der Waals surface area contributed by atoms with Crippen LogP contribution in [0.4, 0.5) is 0 Å². The largest absolute Gasteiger partial charge is 0.697 e. The lowest BCUT2D eigenvalue weighted by Crippen LogP contribution is -2.11. The third kappa shape index (κ3) is 19.8.